The number of pyridine rings is 1. The smallest absolute Gasteiger partial charge is 0.0449 e. The van der Waals surface area contributed by atoms with E-state index in [4.69, 9.17) is 11.1 Å². The number of nitrogen functional groups attached to an aromatic ring is 1. The van der Waals surface area contributed by atoms with Crippen molar-refractivity contribution < 1.29 is 0 Å². The van der Waals surface area contributed by atoms with Crippen LogP contribution in [0.25, 0.3) is 0 Å². The van der Waals surface area contributed by atoms with Gasteiger partial charge in [-0.25, -0.2) is 0 Å². The molecule has 0 saturated heterocycles. The third kappa shape index (κ3) is 3.17. The average molecular weight is 193 g/mol. The molecule has 3 nitrogen and oxygen atoms in total. The third-order valence-electron chi connectivity index (χ3n) is 1.74. The maximum absolute atomic E-state index is 7.02. The Labute approximate surface area is 85.9 Å². The lowest BCUT2D eigenvalue weighted by atomic mass is 10.1. The number of anilines is 1. The van der Waals surface area contributed by atoms with Gasteiger partial charge in [0.2, 0.25) is 0 Å². The van der Waals surface area contributed by atoms with E-state index in [1.807, 2.05) is 19.9 Å². The van der Waals surface area contributed by atoms with Gasteiger partial charge in [0.15, 0.2) is 0 Å². The Morgan fingerprint density at radius 1 is 1.43 bits per heavy atom. The minimum Gasteiger partial charge on any atom is -0.398 e. The predicted molar refractivity (Wildman–Crippen MR) is 62.0 cm³/mol. The SMILES string of the molecule is CC.CC(C)c1cc(N)c(C=N)cn1. The first-order valence-corrected chi connectivity index (χ1v) is 4.91. The van der Waals surface area contributed by atoms with Crippen LogP contribution in [-0.4, -0.2) is 11.2 Å². The van der Waals surface area contributed by atoms with Crippen molar-refractivity contribution in [1.29, 1.82) is 5.41 Å². The monoisotopic (exact) mass is 193 g/mol. The molecule has 0 spiro atoms. The Morgan fingerprint density at radius 3 is 2.36 bits per heavy atom. The lowest BCUT2D eigenvalue weighted by Gasteiger charge is -2.06. The molecule has 1 heterocycles. The lowest BCUT2D eigenvalue weighted by molar-refractivity contribution is 0.823. The van der Waals surface area contributed by atoms with Gasteiger partial charge in [0.05, 0.1) is 0 Å². The van der Waals surface area contributed by atoms with Gasteiger partial charge in [-0.05, 0) is 12.0 Å². The molecule has 1 rings (SSSR count). The zero-order valence-corrected chi connectivity index (χ0v) is 9.33. The second kappa shape index (κ2) is 6.13. The van der Waals surface area contributed by atoms with Gasteiger partial charge in [0, 0.05) is 29.4 Å². The van der Waals surface area contributed by atoms with E-state index in [2.05, 4.69) is 18.8 Å². The molecule has 1 aromatic heterocycles. The van der Waals surface area contributed by atoms with Crippen molar-refractivity contribution in [2.45, 2.75) is 33.6 Å². The summed E-state index contributed by atoms with van der Waals surface area (Å²) in [4.78, 5) is 4.18. The molecule has 0 aliphatic rings. The van der Waals surface area contributed by atoms with E-state index in [1.54, 1.807) is 6.20 Å². The molecule has 0 amide bonds. The van der Waals surface area contributed by atoms with Gasteiger partial charge in [-0.15, -0.1) is 0 Å². The molecular weight excluding hydrogens is 174 g/mol. The number of hydrogen-bond acceptors (Lipinski definition) is 3. The van der Waals surface area contributed by atoms with Crippen LogP contribution in [0.5, 0.6) is 0 Å². The van der Waals surface area contributed by atoms with Crippen LogP contribution in [0.4, 0.5) is 5.69 Å². The molecular formula is C11H19N3. The summed E-state index contributed by atoms with van der Waals surface area (Å²) in [6.45, 7) is 8.12. The van der Waals surface area contributed by atoms with Crippen LogP contribution in [0.15, 0.2) is 12.3 Å². The van der Waals surface area contributed by atoms with Crippen molar-refractivity contribution in [3.8, 4) is 0 Å². The maximum Gasteiger partial charge on any atom is 0.0449 e. The topological polar surface area (TPSA) is 62.8 Å². The summed E-state index contributed by atoms with van der Waals surface area (Å²) in [5.74, 6) is 0.382. The fourth-order valence-corrected chi connectivity index (χ4v) is 0.935. The van der Waals surface area contributed by atoms with Gasteiger partial charge in [0.25, 0.3) is 0 Å². The van der Waals surface area contributed by atoms with E-state index in [-0.39, 0.29) is 0 Å². The van der Waals surface area contributed by atoms with Crippen LogP contribution in [0.2, 0.25) is 0 Å². The highest BCUT2D eigenvalue weighted by Gasteiger charge is 2.02. The second-order valence-electron chi connectivity index (χ2n) is 3.04. The van der Waals surface area contributed by atoms with Gasteiger partial charge in [-0.3, -0.25) is 4.98 Å². The number of hydrogen-bond donors (Lipinski definition) is 2. The molecule has 14 heavy (non-hydrogen) atoms. The normalized spacial score (nSPS) is 9.21. The highest BCUT2D eigenvalue weighted by atomic mass is 14.7. The Bertz CT molecular complexity index is 293. The molecule has 1 aromatic rings. The van der Waals surface area contributed by atoms with Crippen LogP contribution in [-0.2, 0) is 0 Å². The number of nitrogens with two attached hydrogens (primary N) is 1. The standard InChI is InChI=1S/C9H13N3.C2H6/c1-6(2)9-3-8(11)7(4-10)5-12-9;1-2/h3-6,10H,1-2H3,(H2,11,12);1-2H3. The highest BCUT2D eigenvalue weighted by molar-refractivity contribution is 5.84. The van der Waals surface area contributed by atoms with Crippen LogP contribution in [0.3, 0.4) is 0 Å². The van der Waals surface area contributed by atoms with Crippen molar-refractivity contribution in [3.05, 3.63) is 23.5 Å². The third-order valence-corrected chi connectivity index (χ3v) is 1.74. The van der Waals surface area contributed by atoms with Gasteiger partial charge in [-0.2, -0.15) is 0 Å². The van der Waals surface area contributed by atoms with Gasteiger partial charge in [0.1, 0.15) is 0 Å². The first kappa shape index (κ1) is 12.6. The Balaban J connectivity index is 0.000000791. The Kier molecular flexibility index (Phi) is 5.53. The summed E-state index contributed by atoms with van der Waals surface area (Å²) >= 11 is 0. The number of aromatic nitrogens is 1. The molecule has 0 unspecified atom stereocenters. The fourth-order valence-electron chi connectivity index (χ4n) is 0.935. The molecule has 3 heteroatoms. The zero-order chi connectivity index (χ0) is 11.1. The molecule has 0 aliphatic heterocycles. The number of nitrogens with zero attached hydrogens (tertiary/aromatic N) is 1. The first-order chi connectivity index (χ1) is 6.65. The first-order valence-electron chi connectivity index (χ1n) is 4.91. The predicted octanol–water partition coefficient (Wildman–Crippen LogP) is 2.81. The molecule has 0 fully saturated rings. The largest absolute Gasteiger partial charge is 0.398 e. The van der Waals surface area contributed by atoms with E-state index >= 15 is 0 Å². The van der Waals surface area contributed by atoms with Crippen molar-refractivity contribution in [3.63, 3.8) is 0 Å². The Hall–Kier alpha value is -1.38. The minimum absolute atomic E-state index is 0.382. The quantitative estimate of drug-likeness (QED) is 0.709. The van der Waals surface area contributed by atoms with Crippen molar-refractivity contribution in [1.82, 2.24) is 4.98 Å². The van der Waals surface area contributed by atoms with Crippen LogP contribution in [0.1, 0.15) is 44.9 Å². The highest BCUT2D eigenvalue weighted by Crippen LogP contribution is 2.16. The molecule has 0 bridgehead atoms. The molecule has 0 atom stereocenters. The van der Waals surface area contributed by atoms with Crippen LogP contribution < -0.4 is 5.73 Å². The second-order valence-corrected chi connectivity index (χ2v) is 3.04. The molecule has 78 valence electrons. The molecule has 0 aromatic carbocycles. The number of rotatable bonds is 2. The summed E-state index contributed by atoms with van der Waals surface area (Å²) in [5, 5.41) is 7.02. The van der Waals surface area contributed by atoms with Gasteiger partial charge < -0.3 is 11.1 Å². The summed E-state index contributed by atoms with van der Waals surface area (Å²) in [7, 11) is 0. The molecule has 0 aliphatic carbocycles. The minimum atomic E-state index is 0.382. The maximum atomic E-state index is 7.02. The number of nitrogens with one attached hydrogen (secondary N) is 1. The van der Waals surface area contributed by atoms with Crippen molar-refractivity contribution in [2.75, 3.05) is 5.73 Å². The van der Waals surface area contributed by atoms with E-state index in [0.29, 0.717) is 17.2 Å². The average Bonchev–Trinajstić information content (AvgIpc) is 2.20. The Morgan fingerprint density at radius 2 is 2.00 bits per heavy atom. The van der Waals surface area contributed by atoms with Gasteiger partial charge >= 0.3 is 0 Å². The molecule has 0 radical (unpaired) electrons. The van der Waals surface area contributed by atoms with E-state index in [0.717, 1.165) is 5.69 Å². The van der Waals surface area contributed by atoms with E-state index in [1.165, 1.54) is 6.21 Å². The van der Waals surface area contributed by atoms with E-state index < -0.39 is 0 Å². The van der Waals surface area contributed by atoms with E-state index in [9.17, 15) is 0 Å². The van der Waals surface area contributed by atoms with Crippen molar-refractivity contribution >= 4 is 11.9 Å². The lowest BCUT2D eigenvalue weighted by Crippen LogP contribution is -1.99. The zero-order valence-electron chi connectivity index (χ0n) is 9.33. The van der Waals surface area contributed by atoms with Crippen LogP contribution in [0, 0.1) is 5.41 Å². The summed E-state index contributed by atoms with van der Waals surface area (Å²) < 4.78 is 0. The summed E-state index contributed by atoms with van der Waals surface area (Å²) in [5.41, 5.74) is 7.96. The van der Waals surface area contributed by atoms with Crippen molar-refractivity contribution in [2.24, 2.45) is 0 Å². The van der Waals surface area contributed by atoms with Gasteiger partial charge in [-0.1, -0.05) is 27.7 Å². The summed E-state index contributed by atoms with van der Waals surface area (Å²) in [6.07, 6.45) is 2.85. The molecule has 3 N–H and O–H groups in total. The van der Waals surface area contributed by atoms with Crippen LogP contribution >= 0.6 is 0 Å². The summed E-state index contributed by atoms with van der Waals surface area (Å²) in [6, 6.07) is 1.82. The fraction of sp³-hybridized carbons (Fsp3) is 0.455. The molecule has 0 saturated carbocycles.